The molecule has 1 aromatic carbocycles. The van der Waals surface area contributed by atoms with Crippen LogP contribution in [0.2, 0.25) is 0 Å². The van der Waals surface area contributed by atoms with E-state index in [4.69, 9.17) is 0 Å². The summed E-state index contributed by atoms with van der Waals surface area (Å²) in [4.78, 5) is 11.3. The van der Waals surface area contributed by atoms with E-state index < -0.39 is 0 Å². The number of ketones is 1. The van der Waals surface area contributed by atoms with Gasteiger partial charge < -0.3 is 0 Å². The van der Waals surface area contributed by atoms with E-state index in [2.05, 4.69) is 43.3 Å². The van der Waals surface area contributed by atoms with Crippen LogP contribution in [0.1, 0.15) is 81.8 Å². The molecule has 0 radical (unpaired) electrons. The Bertz CT molecular complexity index is 536. The van der Waals surface area contributed by atoms with Crippen molar-refractivity contribution in [1.82, 2.24) is 0 Å². The Labute approximate surface area is 147 Å². The zero-order valence-corrected chi connectivity index (χ0v) is 15.2. The molecule has 0 heterocycles. The summed E-state index contributed by atoms with van der Waals surface area (Å²) < 4.78 is 0. The van der Waals surface area contributed by atoms with Crippen molar-refractivity contribution in [1.29, 1.82) is 0 Å². The molecule has 0 saturated heterocycles. The van der Waals surface area contributed by atoms with Gasteiger partial charge in [0.1, 0.15) is 5.78 Å². The van der Waals surface area contributed by atoms with E-state index in [1.54, 1.807) is 5.56 Å². The number of aryl methyl sites for hydroxylation is 1. The topological polar surface area (TPSA) is 17.1 Å². The average molecular weight is 325 g/mol. The van der Waals surface area contributed by atoms with Crippen LogP contribution in [0.4, 0.5) is 0 Å². The quantitative estimate of drug-likeness (QED) is 0.587. The maximum Gasteiger partial charge on any atom is 0.132 e. The summed E-state index contributed by atoms with van der Waals surface area (Å²) in [6.45, 7) is 2.24. The molecule has 0 unspecified atom stereocenters. The molecule has 2 saturated carbocycles. The first-order chi connectivity index (χ1) is 11.7. The first kappa shape index (κ1) is 17.5. The van der Waals surface area contributed by atoms with Crippen molar-refractivity contribution in [3.8, 4) is 0 Å². The highest BCUT2D eigenvalue weighted by molar-refractivity contribution is 5.79. The normalized spacial score (nSPS) is 26.1. The summed E-state index contributed by atoms with van der Waals surface area (Å²) in [5.74, 6) is 2.65. The van der Waals surface area contributed by atoms with Crippen molar-refractivity contribution >= 4 is 5.78 Å². The number of hydrogen-bond donors (Lipinski definition) is 0. The minimum absolute atomic E-state index is 0.463. The van der Waals surface area contributed by atoms with E-state index in [1.165, 1.54) is 44.1 Å². The Morgan fingerprint density at radius 1 is 0.875 bits per heavy atom. The first-order valence-electron chi connectivity index (χ1n) is 10.0. The van der Waals surface area contributed by atoms with E-state index in [9.17, 15) is 4.79 Å². The van der Waals surface area contributed by atoms with E-state index >= 15 is 0 Å². The number of allylic oxidation sites excluding steroid dienone is 2. The van der Waals surface area contributed by atoms with Crippen LogP contribution in [-0.4, -0.2) is 5.78 Å². The van der Waals surface area contributed by atoms with Crippen molar-refractivity contribution in [2.24, 2.45) is 11.8 Å². The van der Waals surface area contributed by atoms with Crippen LogP contribution < -0.4 is 0 Å². The zero-order chi connectivity index (χ0) is 16.8. The standard InChI is InChI=1S/C23H32O/c1-2-3-18-6-12-21(13-7-18)22-14-8-19(9-15-22)4-5-20-10-16-23(24)17-11-20/h4-7,12-13,19-20,22H,2-3,8-11,14-17H2,1H3/b5-4+. The monoisotopic (exact) mass is 324 g/mol. The number of Topliss-reactive ketones (excluding diaryl/α,β-unsaturated/α-hetero) is 1. The van der Waals surface area contributed by atoms with Gasteiger partial charge in [-0.15, -0.1) is 0 Å². The van der Waals surface area contributed by atoms with E-state index in [1.807, 2.05) is 0 Å². The molecule has 1 heteroatoms. The third-order valence-corrected chi connectivity index (χ3v) is 6.01. The van der Waals surface area contributed by atoms with E-state index in [-0.39, 0.29) is 0 Å². The lowest BCUT2D eigenvalue weighted by atomic mass is 9.78. The summed E-state index contributed by atoms with van der Waals surface area (Å²) in [6.07, 6.45) is 16.4. The molecule has 0 aromatic heterocycles. The number of benzene rings is 1. The van der Waals surface area contributed by atoms with Gasteiger partial charge >= 0.3 is 0 Å². The van der Waals surface area contributed by atoms with Gasteiger partial charge in [0.05, 0.1) is 0 Å². The van der Waals surface area contributed by atoms with Crippen LogP contribution in [0.5, 0.6) is 0 Å². The highest BCUT2D eigenvalue weighted by atomic mass is 16.1. The number of hydrogen-bond acceptors (Lipinski definition) is 1. The Kier molecular flexibility index (Phi) is 6.29. The molecule has 24 heavy (non-hydrogen) atoms. The van der Waals surface area contributed by atoms with Crippen molar-refractivity contribution in [2.45, 2.75) is 77.0 Å². The largest absolute Gasteiger partial charge is 0.300 e. The molecule has 0 amide bonds. The van der Waals surface area contributed by atoms with Gasteiger partial charge in [-0.3, -0.25) is 4.79 Å². The highest BCUT2D eigenvalue weighted by Gasteiger charge is 2.22. The molecule has 130 valence electrons. The van der Waals surface area contributed by atoms with Crippen molar-refractivity contribution < 1.29 is 4.79 Å². The van der Waals surface area contributed by atoms with Crippen LogP contribution in [-0.2, 0) is 11.2 Å². The zero-order valence-electron chi connectivity index (χ0n) is 15.2. The molecular formula is C23H32O. The van der Waals surface area contributed by atoms with Gasteiger partial charge in [-0.1, -0.05) is 49.8 Å². The van der Waals surface area contributed by atoms with Gasteiger partial charge in [0, 0.05) is 12.8 Å². The Morgan fingerprint density at radius 2 is 1.46 bits per heavy atom. The Balaban J connectivity index is 1.46. The minimum Gasteiger partial charge on any atom is -0.300 e. The minimum atomic E-state index is 0.463. The van der Waals surface area contributed by atoms with Gasteiger partial charge in [0.2, 0.25) is 0 Å². The van der Waals surface area contributed by atoms with Crippen molar-refractivity contribution in [3.05, 3.63) is 47.5 Å². The van der Waals surface area contributed by atoms with Crippen molar-refractivity contribution in [3.63, 3.8) is 0 Å². The molecule has 0 bridgehead atoms. The lowest BCUT2D eigenvalue weighted by Gasteiger charge is -2.28. The number of carbonyl (C=O) groups excluding carboxylic acids is 1. The third kappa shape index (κ3) is 4.82. The Hall–Kier alpha value is -1.37. The lowest BCUT2D eigenvalue weighted by molar-refractivity contribution is -0.120. The van der Waals surface area contributed by atoms with Gasteiger partial charge in [-0.25, -0.2) is 0 Å². The fourth-order valence-corrected chi connectivity index (χ4v) is 4.36. The van der Waals surface area contributed by atoms with Crippen LogP contribution in [0.3, 0.4) is 0 Å². The van der Waals surface area contributed by atoms with Crippen molar-refractivity contribution in [2.75, 3.05) is 0 Å². The summed E-state index contributed by atoms with van der Waals surface area (Å²) >= 11 is 0. The molecule has 1 aromatic rings. The lowest BCUT2D eigenvalue weighted by Crippen LogP contribution is -2.14. The third-order valence-electron chi connectivity index (χ3n) is 6.01. The molecule has 2 aliphatic rings. The van der Waals surface area contributed by atoms with E-state index in [0.29, 0.717) is 11.7 Å². The van der Waals surface area contributed by atoms with E-state index in [0.717, 1.165) is 37.5 Å². The van der Waals surface area contributed by atoms with Gasteiger partial charge in [-0.2, -0.15) is 0 Å². The fourth-order valence-electron chi connectivity index (χ4n) is 4.36. The van der Waals surface area contributed by atoms with Gasteiger partial charge in [0.15, 0.2) is 0 Å². The fraction of sp³-hybridized carbons (Fsp3) is 0.609. The Morgan fingerprint density at radius 3 is 2.04 bits per heavy atom. The van der Waals surface area contributed by atoms with Crippen LogP contribution in [0.25, 0.3) is 0 Å². The predicted molar refractivity (Wildman–Crippen MR) is 101 cm³/mol. The van der Waals surface area contributed by atoms with Crippen LogP contribution >= 0.6 is 0 Å². The maximum atomic E-state index is 11.3. The average Bonchev–Trinajstić information content (AvgIpc) is 2.63. The molecule has 0 N–H and O–H groups in total. The van der Waals surface area contributed by atoms with Crippen LogP contribution in [0.15, 0.2) is 36.4 Å². The summed E-state index contributed by atoms with van der Waals surface area (Å²) in [7, 11) is 0. The number of carbonyl (C=O) groups is 1. The second-order valence-corrected chi connectivity index (χ2v) is 7.86. The first-order valence-corrected chi connectivity index (χ1v) is 10.0. The summed E-state index contributed by atoms with van der Waals surface area (Å²) in [5, 5.41) is 0. The summed E-state index contributed by atoms with van der Waals surface area (Å²) in [6, 6.07) is 9.39. The van der Waals surface area contributed by atoms with Gasteiger partial charge in [0.25, 0.3) is 0 Å². The molecule has 0 atom stereocenters. The second kappa shape index (κ2) is 8.65. The van der Waals surface area contributed by atoms with Crippen LogP contribution in [0, 0.1) is 11.8 Å². The second-order valence-electron chi connectivity index (χ2n) is 7.86. The SMILES string of the molecule is CCCc1ccc(C2CCC(/C=C/C3CCC(=O)CC3)CC2)cc1. The smallest absolute Gasteiger partial charge is 0.132 e. The maximum absolute atomic E-state index is 11.3. The molecule has 2 fully saturated rings. The van der Waals surface area contributed by atoms with Gasteiger partial charge in [-0.05, 0) is 73.8 Å². The molecule has 3 rings (SSSR count). The highest BCUT2D eigenvalue weighted by Crippen LogP contribution is 2.37. The molecule has 2 aliphatic carbocycles. The molecule has 0 spiro atoms. The molecular weight excluding hydrogens is 292 g/mol. The molecule has 1 nitrogen and oxygen atoms in total. The molecule has 0 aliphatic heterocycles. The predicted octanol–water partition coefficient (Wildman–Crippen LogP) is 6.23. The summed E-state index contributed by atoms with van der Waals surface area (Å²) in [5.41, 5.74) is 3.02. The number of rotatable bonds is 5.